The Hall–Kier alpha value is -3.39. The summed E-state index contributed by atoms with van der Waals surface area (Å²) in [6.45, 7) is 1.24. The molecule has 4 N–H and O–H groups in total. The molecule has 2 amide bonds. The third-order valence-corrected chi connectivity index (χ3v) is 6.33. The number of oxime groups is 1. The fourth-order valence-electron chi connectivity index (χ4n) is 3.03. The minimum absolute atomic E-state index is 0.0187. The van der Waals surface area contributed by atoms with Crippen molar-refractivity contribution in [2.75, 3.05) is 25.2 Å². The second kappa shape index (κ2) is 9.82. The van der Waals surface area contributed by atoms with E-state index in [9.17, 15) is 24.3 Å². The number of carboxylic acids is 1. The average Bonchev–Trinajstić information content (AvgIpc) is 3.17. The summed E-state index contributed by atoms with van der Waals surface area (Å²) in [5.41, 5.74) is 5.85. The molecule has 0 spiro atoms. The molecule has 12 nitrogen and oxygen atoms in total. The zero-order valence-corrected chi connectivity index (χ0v) is 18.6. The molecule has 1 fully saturated rings. The van der Waals surface area contributed by atoms with Gasteiger partial charge >= 0.3 is 11.9 Å². The Morgan fingerprint density at radius 2 is 2.22 bits per heavy atom. The molecule has 32 heavy (non-hydrogen) atoms. The third kappa shape index (κ3) is 4.75. The van der Waals surface area contributed by atoms with E-state index in [2.05, 4.69) is 15.5 Å². The predicted octanol–water partition coefficient (Wildman–Crippen LogP) is -0.0663. The summed E-state index contributed by atoms with van der Waals surface area (Å²) >= 11 is 2.40. The van der Waals surface area contributed by atoms with Crippen molar-refractivity contribution in [1.82, 2.24) is 15.2 Å². The molecule has 170 valence electrons. The fourth-order valence-corrected chi connectivity index (χ4v) is 4.89. The lowest BCUT2D eigenvalue weighted by Crippen LogP contribution is -2.71. The predicted molar refractivity (Wildman–Crippen MR) is 116 cm³/mol. The molecule has 1 aromatic rings. The van der Waals surface area contributed by atoms with Crippen LogP contribution in [0.3, 0.4) is 0 Å². The molecule has 0 radical (unpaired) electrons. The van der Waals surface area contributed by atoms with Crippen molar-refractivity contribution < 1.29 is 33.9 Å². The molecule has 2 aliphatic heterocycles. The first-order chi connectivity index (χ1) is 15.2. The number of aromatic nitrogens is 1. The van der Waals surface area contributed by atoms with E-state index in [1.54, 1.807) is 0 Å². The number of hydrogen-bond acceptors (Lipinski definition) is 11. The summed E-state index contributed by atoms with van der Waals surface area (Å²) in [6, 6.07) is -0.952. The van der Waals surface area contributed by atoms with Gasteiger partial charge in [-0.3, -0.25) is 19.3 Å². The summed E-state index contributed by atoms with van der Waals surface area (Å²) < 4.78 is 4.79. The van der Waals surface area contributed by atoms with Crippen LogP contribution < -0.4 is 11.1 Å². The van der Waals surface area contributed by atoms with Gasteiger partial charge in [0.05, 0.1) is 0 Å². The van der Waals surface area contributed by atoms with Crippen molar-refractivity contribution in [3.63, 3.8) is 0 Å². The first-order valence-electron chi connectivity index (χ1n) is 9.09. The van der Waals surface area contributed by atoms with E-state index in [1.807, 2.05) is 0 Å². The molecule has 3 rings (SSSR count). The van der Waals surface area contributed by atoms with Gasteiger partial charge in [-0.2, -0.15) is 0 Å². The van der Waals surface area contributed by atoms with E-state index >= 15 is 0 Å². The minimum atomic E-state index is -1.28. The van der Waals surface area contributed by atoms with E-state index in [-0.39, 0.29) is 34.6 Å². The first-order valence-corrected chi connectivity index (χ1v) is 11.0. The molecule has 1 saturated heterocycles. The molecule has 0 aliphatic carbocycles. The van der Waals surface area contributed by atoms with Crippen molar-refractivity contribution in [3.05, 3.63) is 34.5 Å². The molecule has 0 aromatic carbocycles. The minimum Gasteiger partial charge on any atom is -0.477 e. The van der Waals surface area contributed by atoms with Crippen LogP contribution in [-0.4, -0.2) is 75.3 Å². The summed E-state index contributed by atoms with van der Waals surface area (Å²) in [5, 5.41) is 17.0. The normalized spacial score (nSPS) is 20.6. The van der Waals surface area contributed by atoms with Crippen LogP contribution in [0, 0.1) is 0 Å². The highest BCUT2D eigenvalue weighted by Gasteiger charge is 2.54. The molecule has 1 unspecified atom stereocenters. The Morgan fingerprint density at radius 1 is 1.47 bits per heavy atom. The van der Waals surface area contributed by atoms with Gasteiger partial charge < -0.3 is 25.7 Å². The number of allylic oxidation sites excluding steroid dienone is 1. The number of nitrogens with zero attached hydrogens (tertiary/aromatic N) is 3. The topological polar surface area (TPSA) is 174 Å². The lowest BCUT2D eigenvalue weighted by atomic mass is 10.0. The maximum atomic E-state index is 12.7. The van der Waals surface area contributed by atoms with Crippen molar-refractivity contribution in [3.8, 4) is 0 Å². The Labute approximate surface area is 190 Å². The van der Waals surface area contributed by atoms with Crippen LogP contribution in [0.25, 0.3) is 0 Å². The highest BCUT2D eigenvalue weighted by atomic mass is 32.2. The van der Waals surface area contributed by atoms with E-state index in [0.717, 1.165) is 16.2 Å². The standard InChI is InChI=1S/C18H19N5O7S2/c1-8(24)30-5-3-4-9-6-31-16-12(15(26)23(16)13(9)17(27)28)21-14(25)11(22-29-2)10-7-32-18(19)20-10/h3-4,7,12,16H,5-6H2,1-2H3,(H2,19,20)(H,21,25)(H,27,28)/b4-3-,22-11-/t12?,16-/m0/s1. The number of esters is 1. The average molecular weight is 482 g/mol. The van der Waals surface area contributed by atoms with Gasteiger partial charge in [0.25, 0.3) is 11.8 Å². The number of rotatable bonds is 8. The number of ether oxygens (including phenoxy) is 1. The zero-order chi connectivity index (χ0) is 23.4. The monoisotopic (exact) mass is 481 g/mol. The van der Waals surface area contributed by atoms with Gasteiger partial charge in [-0.05, 0) is 11.6 Å². The first kappa shape index (κ1) is 23.3. The van der Waals surface area contributed by atoms with Crippen molar-refractivity contribution in [1.29, 1.82) is 0 Å². The van der Waals surface area contributed by atoms with Crippen molar-refractivity contribution >= 4 is 57.7 Å². The lowest BCUT2D eigenvalue weighted by molar-refractivity contribution is -0.150. The highest BCUT2D eigenvalue weighted by molar-refractivity contribution is 8.00. The summed E-state index contributed by atoms with van der Waals surface area (Å²) in [4.78, 5) is 57.9. The van der Waals surface area contributed by atoms with Crippen LogP contribution in [-0.2, 0) is 28.8 Å². The van der Waals surface area contributed by atoms with E-state index < -0.39 is 35.2 Å². The number of nitrogens with one attached hydrogen (secondary N) is 1. The van der Waals surface area contributed by atoms with E-state index in [0.29, 0.717) is 5.57 Å². The van der Waals surface area contributed by atoms with Gasteiger partial charge in [0.1, 0.15) is 36.5 Å². The van der Waals surface area contributed by atoms with Gasteiger partial charge in [-0.1, -0.05) is 11.2 Å². The maximum Gasteiger partial charge on any atom is 0.352 e. The Bertz CT molecular complexity index is 1050. The Kier molecular flexibility index (Phi) is 7.15. The van der Waals surface area contributed by atoms with Crippen LogP contribution in [0.5, 0.6) is 0 Å². The quantitative estimate of drug-likeness (QED) is 0.197. The van der Waals surface area contributed by atoms with E-state index in [1.165, 1.54) is 43.3 Å². The molecule has 1 aromatic heterocycles. The number of anilines is 1. The molecule has 3 heterocycles. The van der Waals surface area contributed by atoms with Crippen LogP contribution >= 0.6 is 23.1 Å². The van der Waals surface area contributed by atoms with Crippen LogP contribution in [0.2, 0.25) is 0 Å². The van der Waals surface area contributed by atoms with Crippen LogP contribution in [0.1, 0.15) is 12.6 Å². The van der Waals surface area contributed by atoms with Gasteiger partial charge in [0.15, 0.2) is 10.8 Å². The Morgan fingerprint density at radius 3 is 2.81 bits per heavy atom. The van der Waals surface area contributed by atoms with Gasteiger partial charge in [0, 0.05) is 18.1 Å². The highest BCUT2D eigenvalue weighted by Crippen LogP contribution is 2.40. The van der Waals surface area contributed by atoms with Gasteiger partial charge in [0.2, 0.25) is 0 Å². The maximum absolute atomic E-state index is 12.7. The van der Waals surface area contributed by atoms with Gasteiger partial charge in [-0.25, -0.2) is 9.78 Å². The van der Waals surface area contributed by atoms with Crippen molar-refractivity contribution in [2.45, 2.75) is 18.3 Å². The number of carbonyl (C=O) groups excluding carboxylic acids is 3. The Balaban J connectivity index is 1.75. The smallest absolute Gasteiger partial charge is 0.352 e. The molecular weight excluding hydrogens is 462 g/mol. The van der Waals surface area contributed by atoms with E-state index in [4.69, 9.17) is 15.3 Å². The summed E-state index contributed by atoms with van der Waals surface area (Å²) in [5.74, 6) is -2.74. The van der Waals surface area contributed by atoms with Crippen molar-refractivity contribution in [2.24, 2.45) is 5.16 Å². The largest absolute Gasteiger partial charge is 0.477 e. The molecule has 14 heteroatoms. The number of nitrogens with two attached hydrogens (primary N) is 1. The second-order valence-corrected chi connectivity index (χ2v) is 8.43. The molecule has 0 bridgehead atoms. The zero-order valence-electron chi connectivity index (χ0n) is 16.9. The lowest BCUT2D eigenvalue weighted by Gasteiger charge is -2.49. The number of amides is 2. The van der Waals surface area contributed by atoms with Gasteiger partial charge in [-0.15, -0.1) is 23.1 Å². The molecule has 0 saturated carbocycles. The molecule has 2 atom stereocenters. The second-order valence-electron chi connectivity index (χ2n) is 6.44. The number of thioether (sulfide) groups is 1. The molecule has 2 aliphatic rings. The number of carboxylic acid groups (broad SMARTS) is 1. The third-order valence-electron chi connectivity index (χ3n) is 4.35. The van der Waals surface area contributed by atoms with Crippen LogP contribution in [0.15, 0.2) is 34.0 Å². The molecular formula is C18H19N5O7S2. The number of hydrogen-bond donors (Lipinski definition) is 3. The number of thiazole rings is 1. The number of β-lactam (4-membered cyclic amide) rings is 1. The number of carbonyl (C=O) groups is 4. The number of nitrogen functional groups attached to an aromatic ring is 1. The number of aliphatic carboxylic acids is 1. The summed E-state index contributed by atoms with van der Waals surface area (Å²) in [6.07, 6.45) is 3.00. The van der Waals surface area contributed by atoms with Crippen LogP contribution in [0.4, 0.5) is 5.13 Å². The SMILES string of the molecule is CO/N=C(\C(=O)NC1C(=O)N2C(C(=O)O)=C(/C=C\COC(C)=O)CS[C@@H]12)c1csc(N)n1. The number of fused-ring (bicyclic) bond motifs is 1. The fraction of sp³-hybridized carbons (Fsp3) is 0.333. The summed E-state index contributed by atoms with van der Waals surface area (Å²) in [7, 11) is 1.26.